The number of rotatable bonds is 7. The number of aliphatic hydroxyl groups excluding tert-OH is 1. The molecular weight excluding hydrogens is 326 g/mol. The minimum Gasteiger partial charge on any atom is -0.376 e. The van der Waals surface area contributed by atoms with Gasteiger partial charge in [-0.1, -0.05) is 60.7 Å². The van der Waals surface area contributed by atoms with Crippen molar-refractivity contribution in [3.63, 3.8) is 0 Å². The number of benzene rings is 2. The molecule has 0 saturated carbocycles. The molecule has 132 valence electrons. The van der Waals surface area contributed by atoms with Crippen LogP contribution in [0.2, 0.25) is 0 Å². The fourth-order valence-electron chi connectivity index (χ4n) is 2.67. The Morgan fingerprint density at radius 3 is 2.19 bits per heavy atom. The summed E-state index contributed by atoms with van der Waals surface area (Å²) in [6.45, 7) is 0.496. The monoisotopic (exact) mass is 347 g/mol. The Bertz CT molecular complexity index is 810. The van der Waals surface area contributed by atoms with Crippen LogP contribution in [-0.4, -0.2) is 22.2 Å². The van der Waals surface area contributed by atoms with E-state index in [4.69, 9.17) is 0 Å². The fraction of sp³-hybridized carbons (Fsp3) is 0.143. The first-order valence-corrected chi connectivity index (χ1v) is 8.45. The molecular formula is C21H21N3O2. The Hall–Kier alpha value is -3.02. The summed E-state index contributed by atoms with van der Waals surface area (Å²) in [5.41, 5.74) is 2.37. The van der Waals surface area contributed by atoms with Crippen LogP contribution < -0.4 is 10.6 Å². The van der Waals surface area contributed by atoms with Crippen LogP contribution >= 0.6 is 0 Å². The van der Waals surface area contributed by atoms with Crippen LogP contribution in [0.5, 0.6) is 0 Å². The molecule has 0 radical (unpaired) electrons. The largest absolute Gasteiger partial charge is 0.376 e. The van der Waals surface area contributed by atoms with Gasteiger partial charge in [-0.05, 0) is 23.3 Å². The van der Waals surface area contributed by atoms with Gasteiger partial charge in [-0.2, -0.15) is 0 Å². The predicted octanol–water partition coefficient (Wildman–Crippen LogP) is 2.66. The van der Waals surface area contributed by atoms with E-state index >= 15 is 0 Å². The molecule has 2 atom stereocenters. The van der Waals surface area contributed by atoms with E-state index in [0.29, 0.717) is 12.1 Å². The smallest absolute Gasteiger partial charge is 0.252 e. The average Bonchev–Trinajstić information content (AvgIpc) is 2.72. The predicted molar refractivity (Wildman–Crippen MR) is 100 cm³/mol. The number of nitrogens with one attached hydrogen (secondary N) is 2. The number of nitrogens with zero attached hydrogens (tertiary/aromatic N) is 1. The molecule has 2 unspecified atom stereocenters. The lowest BCUT2D eigenvalue weighted by atomic mass is 10.0. The molecule has 1 aromatic heterocycles. The molecule has 3 aromatic rings. The Labute approximate surface area is 152 Å². The molecule has 26 heavy (non-hydrogen) atoms. The van der Waals surface area contributed by atoms with Crippen molar-refractivity contribution < 1.29 is 9.90 Å². The first-order chi connectivity index (χ1) is 12.7. The highest BCUT2D eigenvalue weighted by atomic mass is 16.3. The van der Waals surface area contributed by atoms with E-state index in [1.165, 1.54) is 0 Å². The van der Waals surface area contributed by atoms with Crippen LogP contribution in [0.1, 0.15) is 27.5 Å². The normalized spacial score (nSPS) is 13.0. The summed E-state index contributed by atoms with van der Waals surface area (Å²) in [6, 6.07) is 21.9. The summed E-state index contributed by atoms with van der Waals surface area (Å²) in [5, 5.41) is 16.7. The van der Waals surface area contributed by atoms with E-state index in [1.54, 1.807) is 24.5 Å². The fourth-order valence-corrected chi connectivity index (χ4v) is 2.67. The van der Waals surface area contributed by atoms with E-state index in [-0.39, 0.29) is 5.91 Å². The Balaban J connectivity index is 1.74. The number of hydrogen-bond donors (Lipinski definition) is 3. The second kappa shape index (κ2) is 8.89. The number of pyridine rings is 1. The summed E-state index contributed by atoms with van der Waals surface area (Å²) in [4.78, 5) is 16.5. The highest BCUT2D eigenvalue weighted by Crippen LogP contribution is 2.17. The van der Waals surface area contributed by atoms with Gasteiger partial charge in [0, 0.05) is 24.5 Å². The number of amides is 1. The molecule has 3 N–H and O–H groups in total. The molecule has 5 nitrogen and oxygen atoms in total. The van der Waals surface area contributed by atoms with Crippen molar-refractivity contribution in [1.29, 1.82) is 0 Å². The van der Waals surface area contributed by atoms with E-state index < -0.39 is 12.3 Å². The molecule has 3 rings (SSSR count). The molecule has 0 spiro atoms. The maximum Gasteiger partial charge on any atom is 0.252 e. The highest BCUT2D eigenvalue weighted by molar-refractivity contribution is 5.94. The molecule has 0 fully saturated rings. The third-order valence-electron chi connectivity index (χ3n) is 4.06. The zero-order valence-corrected chi connectivity index (χ0v) is 14.2. The summed E-state index contributed by atoms with van der Waals surface area (Å²) in [6.07, 6.45) is 2.19. The maximum atomic E-state index is 12.5. The second-order valence-corrected chi connectivity index (χ2v) is 5.91. The minimum atomic E-state index is -0.941. The topological polar surface area (TPSA) is 74.2 Å². The van der Waals surface area contributed by atoms with Gasteiger partial charge < -0.3 is 10.4 Å². The third-order valence-corrected chi connectivity index (χ3v) is 4.06. The van der Waals surface area contributed by atoms with Gasteiger partial charge in [0.2, 0.25) is 0 Å². The molecule has 0 aliphatic heterocycles. The zero-order valence-electron chi connectivity index (χ0n) is 14.2. The van der Waals surface area contributed by atoms with Crippen molar-refractivity contribution >= 4 is 5.91 Å². The zero-order chi connectivity index (χ0) is 18.2. The lowest BCUT2D eigenvalue weighted by molar-refractivity contribution is 0.0725. The molecule has 1 amide bonds. The number of carbonyl (C=O) groups excluding carboxylic acids is 1. The van der Waals surface area contributed by atoms with Crippen molar-refractivity contribution in [3.8, 4) is 0 Å². The van der Waals surface area contributed by atoms with Crippen LogP contribution in [-0.2, 0) is 6.54 Å². The quantitative estimate of drug-likeness (QED) is 0.575. The molecule has 1 heterocycles. The summed E-state index contributed by atoms with van der Waals surface area (Å²) in [5.74, 6) is -0.262. The van der Waals surface area contributed by atoms with Crippen molar-refractivity contribution in [2.45, 2.75) is 18.8 Å². The van der Waals surface area contributed by atoms with E-state index in [1.807, 2.05) is 60.7 Å². The maximum absolute atomic E-state index is 12.5. The molecule has 5 heteroatoms. The van der Waals surface area contributed by atoms with Gasteiger partial charge >= 0.3 is 0 Å². The van der Waals surface area contributed by atoms with Crippen LogP contribution in [0.15, 0.2) is 85.2 Å². The van der Waals surface area contributed by atoms with Crippen molar-refractivity contribution in [2.24, 2.45) is 0 Å². The molecule has 0 bridgehead atoms. The lowest BCUT2D eigenvalue weighted by Crippen LogP contribution is -2.43. The van der Waals surface area contributed by atoms with Crippen molar-refractivity contribution in [2.75, 3.05) is 0 Å². The molecule has 0 aliphatic carbocycles. The van der Waals surface area contributed by atoms with Gasteiger partial charge in [0.25, 0.3) is 5.91 Å². The number of aliphatic hydroxyl groups is 1. The van der Waals surface area contributed by atoms with E-state index in [2.05, 4.69) is 15.6 Å². The Morgan fingerprint density at radius 1 is 0.923 bits per heavy atom. The van der Waals surface area contributed by atoms with E-state index in [0.717, 1.165) is 11.1 Å². The highest BCUT2D eigenvalue weighted by Gasteiger charge is 2.23. The average molecular weight is 347 g/mol. The number of aromatic nitrogens is 1. The van der Waals surface area contributed by atoms with Crippen LogP contribution in [0.4, 0.5) is 0 Å². The number of carbonyl (C=O) groups is 1. The van der Waals surface area contributed by atoms with Gasteiger partial charge in [-0.15, -0.1) is 0 Å². The molecule has 2 aromatic carbocycles. The standard InChI is InChI=1S/C21H21N3O2/c25-20(18-11-13-22-14-12-18)24-19(17-9-5-2-6-10-17)21(26)23-15-16-7-3-1-4-8-16/h1-14,19,21,23,26H,15H2,(H,24,25). The number of hydrogen-bond acceptors (Lipinski definition) is 4. The van der Waals surface area contributed by atoms with Gasteiger partial charge in [-0.25, -0.2) is 0 Å². The summed E-state index contributed by atoms with van der Waals surface area (Å²) >= 11 is 0. The first-order valence-electron chi connectivity index (χ1n) is 8.45. The van der Waals surface area contributed by atoms with Crippen molar-refractivity contribution in [3.05, 3.63) is 102 Å². The summed E-state index contributed by atoms with van der Waals surface area (Å²) in [7, 11) is 0. The Kier molecular flexibility index (Phi) is 6.09. The lowest BCUT2D eigenvalue weighted by Gasteiger charge is -2.25. The van der Waals surface area contributed by atoms with Gasteiger partial charge in [0.05, 0.1) is 6.04 Å². The van der Waals surface area contributed by atoms with Crippen LogP contribution in [0.25, 0.3) is 0 Å². The van der Waals surface area contributed by atoms with Crippen LogP contribution in [0, 0.1) is 0 Å². The van der Waals surface area contributed by atoms with Crippen LogP contribution in [0.3, 0.4) is 0 Å². The SMILES string of the molecule is O=C(NC(c1ccccc1)C(O)NCc1ccccc1)c1ccncc1. The third kappa shape index (κ3) is 4.75. The molecule has 0 aliphatic rings. The second-order valence-electron chi connectivity index (χ2n) is 5.91. The van der Waals surface area contributed by atoms with Gasteiger partial charge in [0.15, 0.2) is 0 Å². The first kappa shape index (κ1) is 17.8. The van der Waals surface area contributed by atoms with E-state index in [9.17, 15) is 9.90 Å². The van der Waals surface area contributed by atoms with Crippen molar-refractivity contribution in [1.82, 2.24) is 15.6 Å². The van der Waals surface area contributed by atoms with Gasteiger partial charge in [-0.3, -0.25) is 15.1 Å². The Morgan fingerprint density at radius 2 is 1.54 bits per heavy atom. The molecule has 0 saturated heterocycles. The minimum absolute atomic E-state index is 0.262. The van der Waals surface area contributed by atoms with Gasteiger partial charge in [0.1, 0.15) is 6.23 Å². The summed E-state index contributed by atoms with van der Waals surface area (Å²) < 4.78 is 0.